The van der Waals surface area contributed by atoms with Crippen molar-refractivity contribution in [3.05, 3.63) is 64.2 Å². The Morgan fingerprint density at radius 2 is 1.95 bits per heavy atom. The Labute approximate surface area is 130 Å². The average Bonchev–Trinajstić information content (AvgIpc) is 2.83. The Kier molecular flexibility index (Phi) is 3.68. The molecule has 0 aliphatic heterocycles. The fourth-order valence-corrected chi connectivity index (χ4v) is 3.07. The van der Waals surface area contributed by atoms with E-state index in [2.05, 4.69) is 13.0 Å². The molecule has 2 aromatic rings. The molecule has 0 saturated heterocycles. The van der Waals surface area contributed by atoms with E-state index in [4.69, 9.17) is 10.00 Å². The molecular formula is C19H17NO2. The second-order valence-electron chi connectivity index (χ2n) is 5.80. The van der Waals surface area contributed by atoms with Gasteiger partial charge in [0.05, 0.1) is 17.2 Å². The molecule has 0 amide bonds. The van der Waals surface area contributed by atoms with E-state index >= 15 is 0 Å². The van der Waals surface area contributed by atoms with E-state index < -0.39 is 0 Å². The molecule has 3 rings (SSSR count). The summed E-state index contributed by atoms with van der Waals surface area (Å²) in [4.78, 5) is 12.2. The molecule has 0 N–H and O–H groups in total. The monoisotopic (exact) mass is 291 g/mol. The number of rotatable bonds is 3. The standard InChI is InChI=1S/C19H17NO2/c1-12-3-8-17(19-16(21)9-13(2)18(12)19)22-11-15-6-4-14(10-20)5-7-15/h3-8,13H,9,11H2,1-2H3/t13-/m0/s1. The summed E-state index contributed by atoms with van der Waals surface area (Å²) in [5.41, 5.74) is 4.64. The van der Waals surface area contributed by atoms with Crippen molar-refractivity contribution in [2.45, 2.75) is 32.8 Å². The zero-order valence-corrected chi connectivity index (χ0v) is 12.7. The topological polar surface area (TPSA) is 50.1 Å². The van der Waals surface area contributed by atoms with Crippen LogP contribution in [-0.4, -0.2) is 5.78 Å². The van der Waals surface area contributed by atoms with Gasteiger partial charge in [0, 0.05) is 6.42 Å². The summed E-state index contributed by atoms with van der Waals surface area (Å²) in [6, 6.07) is 13.3. The summed E-state index contributed by atoms with van der Waals surface area (Å²) in [5, 5.41) is 8.80. The summed E-state index contributed by atoms with van der Waals surface area (Å²) in [6.07, 6.45) is 0.563. The third kappa shape index (κ3) is 2.48. The van der Waals surface area contributed by atoms with E-state index in [1.165, 1.54) is 0 Å². The number of nitrogens with zero attached hydrogens (tertiary/aromatic N) is 1. The third-order valence-corrected chi connectivity index (χ3v) is 4.17. The molecule has 1 atom stereocenters. The first kappa shape index (κ1) is 14.3. The number of benzene rings is 2. The van der Waals surface area contributed by atoms with Crippen LogP contribution in [0.25, 0.3) is 0 Å². The average molecular weight is 291 g/mol. The van der Waals surface area contributed by atoms with Gasteiger partial charge in [0.25, 0.3) is 0 Å². The lowest BCUT2D eigenvalue weighted by molar-refractivity contribution is 0.0986. The minimum atomic E-state index is 0.168. The zero-order chi connectivity index (χ0) is 15.7. The molecule has 110 valence electrons. The number of hydrogen-bond acceptors (Lipinski definition) is 3. The largest absolute Gasteiger partial charge is 0.488 e. The summed E-state index contributed by atoms with van der Waals surface area (Å²) in [6.45, 7) is 4.52. The maximum Gasteiger partial charge on any atom is 0.167 e. The van der Waals surface area contributed by atoms with Crippen LogP contribution in [0.15, 0.2) is 36.4 Å². The van der Waals surface area contributed by atoms with Crippen molar-refractivity contribution in [2.75, 3.05) is 0 Å². The van der Waals surface area contributed by atoms with Crippen molar-refractivity contribution in [3.63, 3.8) is 0 Å². The van der Waals surface area contributed by atoms with Gasteiger partial charge in [-0.3, -0.25) is 4.79 Å². The SMILES string of the molecule is Cc1ccc(OCc2ccc(C#N)cc2)c2c1[C@@H](C)CC2=O. The molecular weight excluding hydrogens is 274 g/mol. The quantitative estimate of drug-likeness (QED) is 0.854. The lowest BCUT2D eigenvalue weighted by Gasteiger charge is -2.13. The number of ketones is 1. The van der Waals surface area contributed by atoms with Gasteiger partial charge in [-0.2, -0.15) is 5.26 Å². The van der Waals surface area contributed by atoms with Gasteiger partial charge in [0.1, 0.15) is 12.4 Å². The molecule has 0 heterocycles. The molecule has 3 nitrogen and oxygen atoms in total. The molecule has 0 bridgehead atoms. The lowest BCUT2D eigenvalue weighted by Crippen LogP contribution is -2.02. The molecule has 1 aliphatic rings. The molecule has 0 aromatic heterocycles. The molecule has 0 fully saturated rings. The van der Waals surface area contributed by atoms with E-state index in [0.717, 1.165) is 22.3 Å². The number of hydrogen-bond donors (Lipinski definition) is 0. The molecule has 0 unspecified atom stereocenters. The van der Waals surface area contributed by atoms with Crippen LogP contribution < -0.4 is 4.74 Å². The van der Waals surface area contributed by atoms with Gasteiger partial charge in [-0.1, -0.05) is 25.1 Å². The Balaban J connectivity index is 1.85. The van der Waals surface area contributed by atoms with Crippen LogP contribution >= 0.6 is 0 Å². The Morgan fingerprint density at radius 3 is 2.64 bits per heavy atom. The number of carbonyl (C=O) groups excluding carboxylic acids is 1. The Morgan fingerprint density at radius 1 is 1.23 bits per heavy atom. The number of ether oxygens (including phenoxy) is 1. The third-order valence-electron chi connectivity index (χ3n) is 4.17. The van der Waals surface area contributed by atoms with Crippen LogP contribution in [0.4, 0.5) is 0 Å². The van der Waals surface area contributed by atoms with Gasteiger partial charge < -0.3 is 4.74 Å². The predicted octanol–water partition coefficient (Wildman–Crippen LogP) is 4.14. The van der Waals surface area contributed by atoms with Gasteiger partial charge in [-0.05, 0) is 47.7 Å². The fourth-order valence-electron chi connectivity index (χ4n) is 3.07. The van der Waals surface area contributed by atoms with E-state index in [0.29, 0.717) is 24.3 Å². The highest BCUT2D eigenvalue weighted by atomic mass is 16.5. The zero-order valence-electron chi connectivity index (χ0n) is 12.7. The Bertz CT molecular complexity index is 769. The van der Waals surface area contributed by atoms with E-state index in [9.17, 15) is 4.79 Å². The maximum absolute atomic E-state index is 12.2. The minimum Gasteiger partial charge on any atom is -0.488 e. The fraction of sp³-hybridized carbons (Fsp3) is 0.263. The molecule has 22 heavy (non-hydrogen) atoms. The second kappa shape index (κ2) is 5.65. The van der Waals surface area contributed by atoms with Gasteiger partial charge in [0.15, 0.2) is 5.78 Å². The normalized spacial score (nSPS) is 16.2. The van der Waals surface area contributed by atoms with Crippen molar-refractivity contribution in [3.8, 4) is 11.8 Å². The smallest absolute Gasteiger partial charge is 0.167 e. The molecule has 1 aliphatic carbocycles. The van der Waals surface area contributed by atoms with Crippen LogP contribution in [0.1, 0.15) is 51.9 Å². The first-order valence-corrected chi connectivity index (χ1v) is 7.38. The molecule has 0 saturated carbocycles. The molecule has 3 heteroatoms. The van der Waals surface area contributed by atoms with Gasteiger partial charge in [-0.15, -0.1) is 0 Å². The van der Waals surface area contributed by atoms with E-state index in [1.807, 2.05) is 31.2 Å². The summed E-state index contributed by atoms with van der Waals surface area (Å²) >= 11 is 0. The predicted molar refractivity (Wildman–Crippen MR) is 84.0 cm³/mol. The van der Waals surface area contributed by atoms with Crippen LogP contribution in [0.3, 0.4) is 0 Å². The first-order chi connectivity index (χ1) is 10.6. The van der Waals surface area contributed by atoms with Gasteiger partial charge >= 0.3 is 0 Å². The highest BCUT2D eigenvalue weighted by Crippen LogP contribution is 2.40. The number of aryl methyl sites for hydroxylation is 1. The summed E-state index contributed by atoms with van der Waals surface area (Å²) < 4.78 is 5.88. The highest BCUT2D eigenvalue weighted by Gasteiger charge is 2.30. The number of carbonyl (C=O) groups is 1. The minimum absolute atomic E-state index is 0.168. The van der Waals surface area contributed by atoms with Gasteiger partial charge in [0.2, 0.25) is 0 Å². The number of nitriles is 1. The Hall–Kier alpha value is -2.60. The molecule has 0 radical (unpaired) electrons. The van der Waals surface area contributed by atoms with Crippen molar-refractivity contribution >= 4 is 5.78 Å². The number of fused-ring (bicyclic) bond motifs is 1. The first-order valence-electron chi connectivity index (χ1n) is 7.38. The van der Waals surface area contributed by atoms with Crippen LogP contribution in [0.2, 0.25) is 0 Å². The second-order valence-corrected chi connectivity index (χ2v) is 5.80. The highest BCUT2D eigenvalue weighted by molar-refractivity contribution is 6.04. The lowest BCUT2D eigenvalue weighted by atomic mass is 9.97. The number of Topliss-reactive ketones (excluding diaryl/α,β-unsaturated/α-hetero) is 1. The van der Waals surface area contributed by atoms with E-state index in [1.54, 1.807) is 12.1 Å². The summed E-state index contributed by atoms with van der Waals surface area (Å²) in [5.74, 6) is 1.10. The molecule has 0 spiro atoms. The summed E-state index contributed by atoms with van der Waals surface area (Å²) in [7, 11) is 0. The molecule has 2 aromatic carbocycles. The maximum atomic E-state index is 12.2. The van der Waals surface area contributed by atoms with Crippen molar-refractivity contribution < 1.29 is 9.53 Å². The van der Waals surface area contributed by atoms with Crippen LogP contribution in [0.5, 0.6) is 5.75 Å². The van der Waals surface area contributed by atoms with Gasteiger partial charge in [-0.25, -0.2) is 0 Å². The van der Waals surface area contributed by atoms with Crippen LogP contribution in [-0.2, 0) is 6.61 Å². The van der Waals surface area contributed by atoms with Crippen LogP contribution in [0, 0.1) is 18.3 Å². The van der Waals surface area contributed by atoms with Crippen molar-refractivity contribution in [2.24, 2.45) is 0 Å². The van der Waals surface area contributed by atoms with E-state index in [-0.39, 0.29) is 11.7 Å². The van der Waals surface area contributed by atoms with Crippen molar-refractivity contribution in [1.82, 2.24) is 0 Å². The van der Waals surface area contributed by atoms with Crippen molar-refractivity contribution in [1.29, 1.82) is 5.26 Å².